The number of para-hydroxylation sites is 1. The Morgan fingerprint density at radius 2 is 1.88 bits per heavy atom. The number of hydrogen-bond donors (Lipinski definition) is 0. The van der Waals surface area contributed by atoms with Crippen LogP contribution < -0.4 is 0 Å². The van der Waals surface area contributed by atoms with Gasteiger partial charge in [-0.1, -0.05) is 18.2 Å². The molecule has 2 aromatic rings. The lowest BCUT2D eigenvalue weighted by Crippen LogP contribution is -1.98. The molecule has 0 amide bonds. The van der Waals surface area contributed by atoms with Crippen LogP contribution in [0.2, 0.25) is 0 Å². The fourth-order valence-electron chi connectivity index (χ4n) is 1.66. The lowest BCUT2D eigenvalue weighted by molar-refractivity contribution is 1.24. The lowest BCUT2D eigenvalue weighted by Gasteiger charge is -2.03. The molecule has 0 spiro atoms. The number of rotatable bonds is 2. The van der Waals surface area contributed by atoms with Crippen molar-refractivity contribution in [2.24, 2.45) is 4.99 Å². The van der Waals surface area contributed by atoms with Gasteiger partial charge in [0.1, 0.15) is 0 Å². The molecule has 0 atom stereocenters. The average Bonchev–Trinajstić information content (AvgIpc) is 2.32. The zero-order valence-corrected chi connectivity index (χ0v) is 10.4. The number of benzene rings is 1. The molecule has 0 radical (unpaired) electrons. The van der Waals surface area contributed by atoms with E-state index in [1.165, 1.54) is 11.1 Å². The molecular formula is C15H16N2. The van der Waals surface area contributed by atoms with E-state index in [9.17, 15) is 0 Å². The van der Waals surface area contributed by atoms with Crippen LogP contribution >= 0.6 is 0 Å². The van der Waals surface area contributed by atoms with E-state index in [0.717, 1.165) is 17.1 Å². The maximum absolute atomic E-state index is 4.62. The number of hydrogen-bond acceptors (Lipinski definition) is 2. The van der Waals surface area contributed by atoms with E-state index in [1.54, 1.807) is 0 Å². The summed E-state index contributed by atoms with van der Waals surface area (Å²) < 4.78 is 0. The van der Waals surface area contributed by atoms with Gasteiger partial charge in [-0.15, -0.1) is 0 Å². The second-order valence-corrected chi connectivity index (χ2v) is 4.20. The van der Waals surface area contributed by atoms with Gasteiger partial charge >= 0.3 is 0 Å². The number of aliphatic imine (C=N–C) groups is 1. The summed E-state index contributed by atoms with van der Waals surface area (Å²) >= 11 is 0. The molecule has 1 aromatic heterocycles. The summed E-state index contributed by atoms with van der Waals surface area (Å²) in [5.74, 6) is 0. The normalized spacial score (nSPS) is 11.6. The predicted molar refractivity (Wildman–Crippen MR) is 72.0 cm³/mol. The Bertz CT molecular complexity index is 556. The molecule has 2 rings (SSSR count). The molecule has 17 heavy (non-hydrogen) atoms. The minimum absolute atomic E-state index is 0.938. The summed E-state index contributed by atoms with van der Waals surface area (Å²) in [6, 6.07) is 12.2. The van der Waals surface area contributed by atoms with Gasteiger partial charge in [0.2, 0.25) is 0 Å². The van der Waals surface area contributed by atoms with E-state index in [-0.39, 0.29) is 0 Å². The maximum atomic E-state index is 4.62. The molecule has 0 saturated heterocycles. The number of nitrogens with zero attached hydrogens (tertiary/aromatic N) is 2. The highest BCUT2D eigenvalue weighted by Crippen LogP contribution is 2.18. The van der Waals surface area contributed by atoms with Crippen LogP contribution in [0, 0.1) is 13.8 Å². The van der Waals surface area contributed by atoms with Crippen LogP contribution in [0.15, 0.2) is 47.6 Å². The Morgan fingerprint density at radius 3 is 2.59 bits per heavy atom. The van der Waals surface area contributed by atoms with Crippen molar-refractivity contribution in [3.8, 4) is 0 Å². The molecule has 86 valence electrons. The van der Waals surface area contributed by atoms with E-state index in [2.05, 4.69) is 36.0 Å². The van der Waals surface area contributed by atoms with Crippen molar-refractivity contribution in [3.05, 3.63) is 59.4 Å². The highest BCUT2D eigenvalue weighted by molar-refractivity contribution is 5.98. The molecule has 0 N–H and O–H groups in total. The van der Waals surface area contributed by atoms with E-state index < -0.39 is 0 Å². The number of aryl methyl sites for hydroxylation is 2. The largest absolute Gasteiger partial charge is 0.255 e. The van der Waals surface area contributed by atoms with E-state index in [0.29, 0.717) is 0 Å². The van der Waals surface area contributed by atoms with Gasteiger partial charge in [-0.25, -0.2) is 0 Å². The topological polar surface area (TPSA) is 25.2 Å². The van der Waals surface area contributed by atoms with Crippen LogP contribution in [-0.2, 0) is 0 Å². The third kappa shape index (κ3) is 2.78. The Balaban J connectivity index is 2.38. The molecule has 0 aliphatic heterocycles. The minimum atomic E-state index is 0.938. The second-order valence-electron chi connectivity index (χ2n) is 4.20. The zero-order valence-electron chi connectivity index (χ0n) is 10.4. The first kappa shape index (κ1) is 11.5. The van der Waals surface area contributed by atoms with E-state index in [1.807, 2.05) is 37.4 Å². The number of aromatic nitrogens is 1. The smallest absolute Gasteiger partial charge is 0.0844 e. The molecule has 0 unspecified atom stereocenters. The summed E-state index contributed by atoms with van der Waals surface area (Å²) in [6.45, 7) is 6.12. The molecule has 0 saturated carbocycles. The highest BCUT2D eigenvalue weighted by atomic mass is 14.8. The van der Waals surface area contributed by atoms with Crippen LogP contribution in [-0.4, -0.2) is 10.7 Å². The van der Waals surface area contributed by atoms with Crippen molar-refractivity contribution in [2.45, 2.75) is 20.8 Å². The van der Waals surface area contributed by atoms with Crippen LogP contribution in [0.5, 0.6) is 0 Å². The Morgan fingerprint density at radius 1 is 1.12 bits per heavy atom. The Kier molecular flexibility index (Phi) is 3.33. The summed E-state index contributed by atoms with van der Waals surface area (Å²) in [6.07, 6.45) is 1.82. The fourth-order valence-corrected chi connectivity index (χ4v) is 1.66. The van der Waals surface area contributed by atoms with Crippen molar-refractivity contribution in [1.29, 1.82) is 0 Å². The van der Waals surface area contributed by atoms with Gasteiger partial charge in [-0.3, -0.25) is 9.98 Å². The highest BCUT2D eigenvalue weighted by Gasteiger charge is 2.01. The zero-order chi connectivity index (χ0) is 12.3. The van der Waals surface area contributed by atoms with E-state index >= 15 is 0 Å². The predicted octanol–water partition coefficient (Wildman–Crippen LogP) is 3.84. The molecule has 2 heteroatoms. The van der Waals surface area contributed by atoms with Gasteiger partial charge in [-0.05, 0) is 50.1 Å². The molecule has 0 bridgehead atoms. The first-order valence-corrected chi connectivity index (χ1v) is 5.71. The summed E-state index contributed by atoms with van der Waals surface area (Å²) in [7, 11) is 0. The second kappa shape index (κ2) is 4.91. The first-order valence-electron chi connectivity index (χ1n) is 5.71. The summed E-state index contributed by atoms with van der Waals surface area (Å²) in [4.78, 5) is 8.96. The Hall–Kier alpha value is -1.96. The van der Waals surface area contributed by atoms with Crippen LogP contribution in [0.3, 0.4) is 0 Å². The third-order valence-electron chi connectivity index (χ3n) is 2.69. The van der Waals surface area contributed by atoms with Gasteiger partial charge in [0.25, 0.3) is 0 Å². The van der Waals surface area contributed by atoms with Crippen molar-refractivity contribution in [2.75, 3.05) is 0 Å². The summed E-state index contributed by atoms with van der Waals surface area (Å²) in [5.41, 5.74) is 5.28. The van der Waals surface area contributed by atoms with Gasteiger partial charge in [0.05, 0.1) is 17.1 Å². The molecular weight excluding hydrogens is 208 g/mol. The lowest BCUT2D eigenvalue weighted by atomic mass is 10.2. The van der Waals surface area contributed by atoms with Crippen LogP contribution in [0.4, 0.5) is 5.69 Å². The minimum Gasteiger partial charge on any atom is -0.255 e. The molecule has 0 aliphatic rings. The summed E-state index contributed by atoms with van der Waals surface area (Å²) in [5, 5.41) is 0. The standard InChI is InChI=1S/C15H16N2/c1-11-8-9-16-15(10-11)13(3)17-14-7-5-4-6-12(14)2/h4-10H,1-3H3. The first-order chi connectivity index (χ1) is 8.16. The van der Waals surface area contributed by atoms with E-state index in [4.69, 9.17) is 0 Å². The van der Waals surface area contributed by atoms with Crippen LogP contribution in [0.1, 0.15) is 23.7 Å². The van der Waals surface area contributed by atoms with Crippen molar-refractivity contribution >= 4 is 11.4 Å². The van der Waals surface area contributed by atoms with Crippen molar-refractivity contribution in [1.82, 2.24) is 4.98 Å². The molecule has 1 aromatic carbocycles. The maximum Gasteiger partial charge on any atom is 0.0844 e. The van der Waals surface area contributed by atoms with Crippen molar-refractivity contribution in [3.63, 3.8) is 0 Å². The van der Waals surface area contributed by atoms with Gasteiger partial charge in [-0.2, -0.15) is 0 Å². The Labute approximate surface area is 102 Å². The fraction of sp³-hybridized carbons (Fsp3) is 0.200. The molecule has 2 nitrogen and oxygen atoms in total. The van der Waals surface area contributed by atoms with Gasteiger partial charge < -0.3 is 0 Å². The average molecular weight is 224 g/mol. The third-order valence-corrected chi connectivity index (χ3v) is 2.69. The van der Waals surface area contributed by atoms with Gasteiger partial charge in [0, 0.05) is 6.20 Å². The quantitative estimate of drug-likeness (QED) is 0.711. The number of pyridine rings is 1. The van der Waals surface area contributed by atoms with Gasteiger partial charge in [0.15, 0.2) is 0 Å². The molecule has 0 aliphatic carbocycles. The molecule has 0 fully saturated rings. The molecule has 1 heterocycles. The monoisotopic (exact) mass is 224 g/mol. The van der Waals surface area contributed by atoms with Crippen molar-refractivity contribution < 1.29 is 0 Å². The SMILES string of the molecule is CC(=Nc1ccccc1C)c1cc(C)ccn1. The van der Waals surface area contributed by atoms with Crippen LogP contribution in [0.25, 0.3) is 0 Å².